The van der Waals surface area contributed by atoms with Gasteiger partial charge in [-0.3, -0.25) is 9.89 Å². The highest BCUT2D eigenvalue weighted by atomic mass is 16.5. The lowest BCUT2D eigenvalue weighted by Crippen LogP contribution is -2.28. The van der Waals surface area contributed by atoms with Crippen LogP contribution in [-0.4, -0.2) is 38.3 Å². The standard InChI is InChI=1S/C15H19N5O2/c1-8-6-12(9(2)22-8)15(21)18-13-7-11(4-5-16-13)14-17-10(3)19-20-14/h4-5,7-9,12H,6H2,1-3H3,(H,16,18,21)(H,17,19,20). The normalized spacial score (nSPS) is 24.4. The topological polar surface area (TPSA) is 92.8 Å². The van der Waals surface area contributed by atoms with Crippen molar-refractivity contribution in [1.29, 1.82) is 0 Å². The van der Waals surface area contributed by atoms with E-state index in [9.17, 15) is 4.79 Å². The van der Waals surface area contributed by atoms with E-state index in [0.717, 1.165) is 17.8 Å². The minimum absolute atomic E-state index is 0.0623. The van der Waals surface area contributed by atoms with E-state index in [2.05, 4.69) is 25.5 Å². The number of nitrogens with one attached hydrogen (secondary N) is 2. The number of carbonyl (C=O) groups is 1. The zero-order valence-corrected chi connectivity index (χ0v) is 12.8. The van der Waals surface area contributed by atoms with E-state index in [4.69, 9.17) is 4.74 Å². The van der Waals surface area contributed by atoms with Gasteiger partial charge in [0.2, 0.25) is 5.91 Å². The summed E-state index contributed by atoms with van der Waals surface area (Å²) in [7, 11) is 0. The molecule has 1 aliphatic rings. The van der Waals surface area contributed by atoms with Crippen molar-refractivity contribution in [3.8, 4) is 11.4 Å². The van der Waals surface area contributed by atoms with Crippen LogP contribution < -0.4 is 5.32 Å². The molecule has 116 valence electrons. The molecule has 3 rings (SSSR count). The maximum atomic E-state index is 12.4. The number of nitrogens with zero attached hydrogens (tertiary/aromatic N) is 3. The Balaban J connectivity index is 1.74. The van der Waals surface area contributed by atoms with Crippen LogP contribution in [0.1, 0.15) is 26.1 Å². The quantitative estimate of drug-likeness (QED) is 0.903. The molecule has 22 heavy (non-hydrogen) atoms. The molecule has 1 saturated heterocycles. The van der Waals surface area contributed by atoms with Crippen LogP contribution in [-0.2, 0) is 9.53 Å². The van der Waals surface area contributed by atoms with Crippen LogP contribution in [0.4, 0.5) is 5.82 Å². The monoisotopic (exact) mass is 301 g/mol. The molecule has 2 N–H and O–H groups in total. The number of aromatic amines is 1. The number of pyridine rings is 1. The summed E-state index contributed by atoms with van der Waals surface area (Å²) in [4.78, 5) is 20.8. The number of amides is 1. The summed E-state index contributed by atoms with van der Waals surface area (Å²) >= 11 is 0. The first-order valence-electron chi connectivity index (χ1n) is 7.34. The molecule has 0 aromatic carbocycles. The predicted octanol–water partition coefficient (Wildman–Crippen LogP) is 1.93. The fourth-order valence-electron chi connectivity index (χ4n) is 2.71. The maximum Gasteiger partial charge on any atom is 0.231 e. The molecule has 0 saturated carbocycles. The Morgan fingerprint density at radius 3 is 2.91 bits per heavy atom. The average Bonchev–Trinajstić information content (AvgIpc) is 3.05. The summed E-state index contributed by atoms with van der Waals surface area (Å²) in [5.41, 5.74) is 0.804. The summed E-state index contributed by atoms with van der Waals surface area (Å²) in [5, 5.41) is 9.76. The van der Waals surface area contributed by atoms with Crippen LogP contribution in [0.3, 0.4) is 0 Å². The van der Waals surface area contributed by atoms with E-state index in [0.29, 0.717) is 11.6 Å². The van der Waals surface area contributed by atoms with Crippen molar-refractivity contribution in [2.24, 2.45) is 5.92 Å². The fraction of sp³-hybridized carbons (Fsp3) is 0.467. The number of hydrogen-bond acceptors (Lipinski definition) is 5. The number of hydrogen-bond donors (Lipinski definition) is 2. The molecule has 3 unspecified atom stereocenters. The Kier molecular flexibility index (Phi) is 3.89. The van der Waals surface area contributed by atoms with Gasteiger partial charge in [-0.15, -0.1) is 0 Å². The lowest BCUT2D eigenvalue weighted by molar-refractivity contribution is -0.121. The highest BCUT2D eigenvalue weighted by molar-refractivity contribution is 5.92. The van der Waals surface area contributed by atoms with Gasteiger partial charge in [-0.05, 0) is 39.3 Å². The number of ether oxygens (including phenoxy) is 1. The van der Waals surface area contributed by atoms with E-state index < -0.39 is 0 Å². The third-order valence-electron chi connectivity index (χ3n) is 3.80. The number of aryl methyl sites for hydroxylation is 1. The van der Waals surface area contributed by atoms with Gasteiger partial charge in [0.1, 0.15) is 11.6 Å². The predicted molar refractivity (Wildman–Crippen MR) is 81.1 cm³/mol. The first kappa shape index (κ1) is 14.6. The Morgan fingerprint density at radius 2 is 2.27 bits per heavy atom. The fourth-order valence-corrected chi connectivity index (χ4v) is 2.71. The number of carbonyl (C=O) groups excluding carboxylic acids is 1. The highest BCUT2D eigenvalue weighted by Gasteiger charge is 2.35. The van der Waals surface area contributed by atoms with E-state index in [1.807, 2.05) is 26.8 Å². The van der Waals surface area contributed by atoms with Crippen LogP contribution >= 0.6 is 0 Å². The van der Waals surface area contributed by atoms with E-state index in [-0.39, 0.29) is 24.0 Å². The molecule has 0 spiro atoms. The van der Waals surface area contributed by atoms with Gasteiger partial charge >= 0.3 is 0 Å². The minimum Gasteiger partial charge on any atom is -0.375 e. The van der Waals surface area contributed by atoms with E-state index in [1.54, 1.807) is 12.3 Å². The van der Waals surface area contributed by atoms with Crippen LogP contribution in [0.5, 0.6) is 0 Å². The van der Waals surface area contributed by atoms with Crippen LogP contribution in [0.2, 0.25) is 0 Å². The molecule has 0 aliphatic carbocycles. The van der Waals surface area contributed by atoms with Gasteiger partial charge in [-0.2, -0.15) is 5.10 Å². The summed E-state index contributed by atoms with van der Waals surface area (Å²) in [5.74, 6) is 1.61. The van der Waals surface area contributed by atoms with Crippen LogP contribution in [0, 0.1) is 12.8 Å². The maximum absolute atomic E-state index is 12.4. The Hall–Kier alpha value is -2.28. The smallest absolute Gasteiger partial charge is 0.231 e. The first-order chi connectivity index (χ1) is 10.5. The molecule has 1 fully saturated rings. The Bertz CT molecular complexity index is 684. The van der Waals surface area contributed by atoms with Gasteiger partial charge in [0.05, 0.1) is 18.1 Å². The highest BCUT2D eigenvalue weighted by Crippen LogP contribution is 2.27. The van der Waals surface area contributed by atoms with Crippen LogP contribution in [0.25, 0.3) is 11.4 Å². The van der Waals surface area contributed by atoms with Gasteiger partial charge in [-0.1, -0.05) is 0 Å². The molecule has 2 aromatic rings. The molecule has 1 aliphatic heterocycles. The molecular weight excluding hydrogens is 282 g/mol. The second-order valence-corrected chi connectivity index (χ2v) is 5.66. The van der Waals surface area contributed by atoms with Gasteiger partial charge < -0.3 is 10.1 Å². The largest absolute Gasteiger partial charge is 0.375 e. The third-order valence-corrected chi connectivity index (χ3v) is 3.80. The number of aromatic nitrogens is 4. The van der Waals surface area contributed by atoms with Crippen molar-refractivity contribution in [3.05, 3.63) is 24.2 Å². The van der Waals surface area contributed by atoms with Gasteiger partial charge in [-0.25, -0.2) is 9.97 Å². The third kappa shape index (κ3) is 2.99. The van der Waals surface area contributed by atoms with Gasteiger partial charge in [0, 0.05) is 11.8 Å². The summed E-state index contributed by atoms with van der Waals surface area (Å²) < 4.78 is 5.62. The Labute approximate surface area is 128 Å². The summed E-state index contributed by atoms with van der Waals surface area (Å²) in [6.45, 7) is 5.74. The molecular formula is C15H19N5O2. The van der Waals surface area contributed by atoms with Crippen molar-refractivity contribution in [2.45, 2.75) is 39.4 Å². The molecule has 3 atom stereocenters. The van der Waals surface area contributed by atoms with E-state index >= 15 is 0 Å². The SMILES string of the molecule is Cc1nc(-c2ccnc(NC(=O)C3CC(C)OC3C)c2)n[nH]1. The van der Waals surface area contributed by atoms with Crippen molar-refractivity contribution in [1.82, 2.24) is 20.2 Å². The molecule has 3 heterocycles. The molecule has 1 amide bonds. The van der Waals surface area contributed by atoms with Crippen molar-refractivity contribution in [2.75, 3.05) is 5.32 Å². The number of rotatable bonds is 3. The summed E-state index contributed by atoms with van der Waals surface area (Å²) in [6.07, 6.45) is 2.40. The number of anilines is 1. The zero-order chi connectivity index (χ0) is 15.7. The first-order valence-corrected chi connectivity index (χ1v) is 7.34. The minimum atomic E-state index is -0.147. The lowest BCUT2D eigenvalue weighted by atomic mass is 10.00. The summed E-state index contributed by atoms with van der Waals surface area (Å²) in [6, 6.07) is 3.58. The second-order valence-electron chi connectivity index (χ2n) is 5.66. The Morgan fingerprint density at radius 1 is 1.45 bits per heavy atom. The van der Waals surface area contributed by atoms with Gasteiger partial charge in [0.15, 0.2) is 5.82 Å². The molecule has 7 nitrogen and oxygen atoms in total. The molecule has 0 bridgehead atoms. The molecule has 7 heteroatoms. The molecule has 0 radical (unpaired) electrons. The van der Waals surface area contributed by atoms with Crippen molar-refractivity contribution >= 4 is 11.7 Å². The van der Waals surface area contributed by atoms with Crippen LogP contribution in [0.15, 0.2) is 18.3 Å². The zero-order valence-electron chi connectivity index (χ0n) is 12.8. The van der Waals surface area contributed by atoms with E-state index in [1.165, 1.54) is 0 Å². The lowest BCUT2D eigenvalue weighted by Gasteiger charge is -2.13. The average molecular weight is 301 g/mol. The van der Waals surface area contributed by atoms with Crippen molar-refractivity contribution < 1.29 is 9.53 Å². The number of H-pyrrole nitrogens is 1. The molecule has 2 aromatic heterocycles. The second kappa shape index (κ2) is 5.84. The van der Waals surface area contributed by atoms with Crippen molar-refractivity contribution in [3.63, 3.8) is 0 Å². The van der Waals surface area contributed by atoms with Gasteiger partial charge in [0.25, 0.3) is 0 Å².